The van der Waals surface area contributed by atoms with E-state index in [1.807, 2.05) is 20.8 Å². The van der Waals surface area contributed by atoms with E-state index in [1.165, 1.54) is 5.56 Å². The van der Waals surface area contributed by atoms with Gasteiger partial charge in [-0.25, -0.2) is 4.98 Å². The van der Waals surface area contributed by atoms with Gasteiger partial charge in [-0.15, -0.1) is 0 Å². The number of nitrogens with zero attached hydrogens (tertiary/aromatic N) is 1. The van der Waals surface area contributed by atoms with Crippen LogP contribution in [0.1, 0.15) is 41.7 Å². The molecule has 0 aliphatic heterocycles. The van der Waals surface area contributed by atoms with Crippen molar-refractivity contribution in [3.05, 3.63) is 41.0 Å². The number of oxazole rings is 1. The zero-order valence-corrected chi connectivity index (χ0v) is 10.7. The number of aryl methyl sites for hydroxylation is 3. The minimum absolute atomic E-state index is 0.222. The Labute approximate surface area is 101 Å². The predicted molar refractivity (Wildman–Crippen MR) is 64.7 cm³/mol. The molecule has 4 heteroatoms. The van der Waals surface area contributed by atoms with Crippen LogP contribution in [0.4, 0.5) is 0 Å². The summed E-state index contributed by atoms with van der Waals surface area (Å²) in [6.45, 7) is 8.56. The third-order valence-corrected chi connectivity index (χ3v) is 2.77. The average Bonchev–Trinajstić information content (AvgIpc) is 2.81. The summed E-state index contributed by atoms with van der Waals surface area (Å²) < 4.78 is 10.9. The zero-order chi connectivity index (χ0) is 12.4. The van der Waals surface area contributed by atoms with Crippen LogP contribution in [0.15, 0.2) is 21.1 Å². The molecule has 0 radical (unpaired) electrons. The van der Waals surface area contributed by atoms with Gasteiger partial charge in [0, 0.05) is 11.6 Å². The van der Waals surface area contributed by atoms with E-state index in [-0.39, 0.29) is 6.04 Å². The van der Waals surface area contributed by atoms with Crippen LogP contribution >= 0.6 is 0 Å². The zero-order valence-electron chi connectivity index (χ0n) is 10.7. The molecule has 0 fully saturated rings. The first-order valence-electron chi connectivity index (χ1n) is 5.78. The topological polar surface area (TPSA) is 51.2 Å². The lowest BCUT2D eigenvalue weighted by Crippen LogP contribution is -2.18. The van der Waals surface area contributed by atoms with Crippen molar-refractivity contribution in [3.8, 4) is 0 Å². The third kappa shape index (κ3) is 2.77. The second kappa shape index (κ2) is 4.75. The van der Waals surface area contributed by atoms with Crippen LogP contribution in [0, 0.1) is 20.8 Å². The van der Waals surface area contributed by atoms with Crippen LogP contribution in [-0.2, 0) is 6.54 Å². The molecule has 0 bridgehead atoms. The minimum atomic E-state index is 0.222. The summed E-state index contributed by atoms with van der Waals surface area (Å²) in [5.41, 5.74) is 1.19. The van der Waals surface area contributed by atoms with Crippen molar-refractivity contribution in [3.63, 3.8) is 0 Å². The Morgan fingerprint density at radius 3 is 2.53 bits per heavy atom. The molecule has 2 aromatic heterocycles. The molecule has 2 rings (SSSR count). The molecule has 17 heavy (non-hydrogen) atoms. The van der Waals surface area contributed by atoms with Gasteiger partial charge >= 0.3 is 0 Å². The molecule has 0 aliphatic carbocycles. The molecule has 1 atom stereocenters. The van der Waals surface area contributed by atoms with Crippen molar-refractivity contribution in [1.82, 2.24) is 10.3 Å². The quantitative estimate of drug-likeness (QED) is 0.883. The molecule has 0 saturated heterocycles. The van der Waals surface area contributed by atoms with E-state index in [4.69, 9.17) is 8.83 Å². The summed E-state index contributed by atoms with van der Waals surface area (Å²) in [6, 6.07) is 2.29. The summed E-state index contributed by atoms with van der Waals surface area (Å²) in [4.78, 5) is 4.16. The fourth-order valence-electron chi connectivity index (χ4n) is 1.91. The van der Waals surface area contributed by atoms with Crippen LogP contribution in [0.3, 0.4) is 0 Å². The number of nitrogens with one attached hydrogen (secondary N) is 1. The van der Waals surface area contributed by atoms with Gasteiger partial charge in [-0.3, -0.25) is 0 Å². The van der Waals surface area contributed by atoms with Crippen LogP contribution in [-0.4, -0.2) is 4.98 Å². The number of aromatic nitrogens is 1. The number of hydrogen-bond donors (Lipinski definition) is 1. The molecule has 0 aromatic carbocycles. The van der Waals surface area contributed by atoms with Gasteiger partial charge < -0.3 is 14.2 Å². The Morgan fingerprint density at radius 1 is 1.24 bits per heavy atom. The molecule has 0 spiro atoms. The van der Waals surface area contributed by atoms with E-state index in [0.717, 1.165) is 17.3 Å². The van der Waals surface area contributed by atoms with E-state index >= 15 is 0 Å². The largest absolute Gasteiger partial charge is 0.466 e. The van der Waals surface area contributed by atoms with Gasteiger partial charge in [0.1, 0.15) is 17.3 Å². The van der Waals surface area contributed by atoms with Crippen molar-refractivity contribution >= 4 is 0 Å². The van der Waals surface area contributed by atoms with Crippen LogP contribution < -0.4 is 5.32 Å². The Bertz CT molecular complexity index is 499. The Hall–Kier alpha value is -1.55. The Morgan fingerprint density at radius 2 is 2.00 bits per heavy atom. The van der Waals surface area contributed by atoms with Gasteiger partial charge in [0.2, 0.25) is 5.89 Å². The third-order valence-electron chi connectivity index (χ3n) is 2.77. The van der Waals surface area contributed by atoms with Gasteiger partial charge in [0.15, 0.2) is 0 Å². The molecule has 4 nitrogen and oxygen atoms in total. The number of furan rings is 1. The fraction of sp³-hybridized carbons (Fsp3) is 0.462. The molecule has 0 aliphatic rings. The van der Waals surface area contributed by atoms with E-state index < -0.39 is 0 Å². The molecule has 1 unspecified atom stereocenters. The normalized spacial score (nSPS) is 12.9. The SMILES string of the molecule is Cc1cnc(CNC(C)c2cc(C)oc2C)o1. The van der Waals surface area contributed by atoms with Crippen molar-refractivity contribution < 1.29 is 8.83 Å². The highest BCUT2D eigenvalue weighted by Crippen LogP contribution is 2.21. The van der Waals surface area contributed by atoms with Crippen LogP contribution in [0.2, 0.25) is 0 Å². The van der Waals surface area contributed by atoms with Gasteiger partial charge in [-0.2, -0.15) is 0 Å². The number of hydrogen-bond acceptors (Lipinski definition) is 4. The van der Waals surface area contributed by atoms with Gasteiger partial charge in [-0.05, 0) is 33.8 Å². The van der Waals surface area contributed by atoms with Crippen LogP contribution in [0.25, 0.3) is 0 Å². The summed E-state index contributed by atoms with van der Waals surface area (Å²) >= 11 is 0. The standard InChI is InChI=1S/C13H18N2O2/c1-8-5-12(11(4)16-8)10(3)14-7-13-15-6-9(2)17-13/h5-6,10,14H,7H2,1-4H3. The molecule has 1 N–H and O–H groups in total. The van der Waals surface area contributed by atoms with Crippen LogP contribution in [0.5, 0.6) is 0 Å². The van der Waals surface area contributed by atoms with Crippen molar-refractivity contribution in [2.45, 2.75) is 40.3 Å². The van der Waals surface area contributed by atoms with Crippen molar-refractivity contribution in [2.24, 2.45) is 0 Å². The highest BCUT2D eigenvalue weighted by Gasteiger charge is 2.12. The summed E-state index contributed by atoms with van der Waals surface area (Å²) in [5.74, 6) is 3.46. The maximum atomic E-state index is 5.51. The number of rotatable bonds is 4. The molecular weight excluding hydrogens is 216 g/mol. The minimum Gasteiger partial charge on any atom is -0.466 e. The monoisotopic (exact) mass is 234 g/mol. The van der Waals surface area contributed by atoms with E-state index in [0.29, 0.717) is 12.4 Å². The smallest absolute Gasteiger partial charge is 0.208 e. The first-order valence-corrected chi connectivity index (χ1v) is 5.78. The maximum Gasteiger partial charge on any atom is 0.208 e. The molecule has 92 valence electrons. The predicted octanol–water partition coefficient (Wildman–Crippen LogP) is 3.04. The molecule has 2 heterocycles. The molecule has 0 saturated carbocycles. The Balaban J connectivity index is 1.97. The fourth-order valence-corrected chi connectivity index (χ4v) is 1.91. The first-order chi connectivity index (χ1) is 8.06. The lowest BCUT2D eigenvalue weighted by atomic mass is 10.1. The Kier molecular flexibility index (Phi) is 3.33. The summed E-state index contributed by atoms with van der Waals surface area (Å²) in [6.07, 6.45) is 1.73. The molecule has 0 amide bonds. The van der Waals surface area contributed by atoms with E-state index in [9.17, 15) is 0 Å². The van der Waals surface area contributed by atoms with Gasteiger partial charge in [0.25, 0.3) is 0 Å². The second-order valence-electron chi connectivity index (χ2n) is 4.34. The van der Waals surface area contributed by atoms with Gasteiger partial charge in [0.05, 0.1) is 12.7 Å². The molecular formula is C13H18N2O2. The summed E-state index contributed by atoms with van der Waals surface area (Å²) in [5, 5.41) is 3.37. The second-order valence-corrected chi connectivity index (χ2v) is 4.34. The summed E-state index contributed by atoms with van der Waals surface area (Å²) in [7, 11) is 0. The lowest BCUT2D eigenvalue weighted by Gasteiger charge is -2.11. The van der Waals surface area contributed by atoms with E-state index in [1.54, 1.807) is 6.20 Å². The van der Waals surface area contributed by atoms with E-state index in [2.05, 4.69) is 23.3 Å². The average molecular weight is 234 g/mol. The van der Waals surface area contributed by atoms with Crippen molar-refractivity contribution in [1.29, 1.82) is 0 Å². The highest BCUT2D eigenvalue weighted by atomic mass is 16.4. The highest BCUT2D eigenvalue weighted by molar-refractivity contribution is 5.23. The van der Waals surface area contributed by atoms with Gasteiger partial charge in [-0.1, -0.05) is 0 Å². The maximum absolute atomic E-state index is 5.51. The van der Waals surface area contributed by atoms with Crippen molar-refractivity contribution in [2.75, 3.05) is 0 Å². The first kappa shape index (κ1) is 11.9. The molecule has 2 aromatic rings. The lowest BCUT2D eigenvalue weighted by molar-refractivity contribution is 0.428.